The van der Waals surface area contributed by atoms with Crippen LogP contribution in [-0.2, 0) is 11.3 Å². The molecule has 2 fully saturated rings. The van der Waals surface area contributed by atoms with Crippen molar-refractivity contribution in [1.29, 1.82) is 0 Å². The molecule has 4 aromatic rings. The van der Waals surface area contributed by atoms with Crippen LogP contribution in [-0.4, -0.2) is 34.7 Å². The number of hydrogen-bond acceptors (Lipinski definition) is 3. The monoisotopic (exact) mass is 546 g/mol. The number of fused-ring (bicyclic) bond motifs is 1. The first-order valence-electron chi connectivity index (χ1n) is 13.0. The van der Waals surface area contributed by atoms with E-state index in [1.807, 2.05) is 47.0 Å². The molecule has 3 aromatic carbocycles. The molecule has 0 atom stereocenters. The highest BCUT2D eigenvalue weighted by Crippen LogP contribution is 2.58. The van der Waals surface area contributed by atoms with E-state index >= 15 is 0 Å². The van der Waals surface area contributed by atoms with Crippen molar-refractivity contribution in [3.63, 3.8) is 0 Å². The average molecular weight is 547 g/mol. The molecular weight excluding hydrogens is 519 g/mol. The fraction of sp³-hybridized carbons (Fsp3) is 0.290. The lowest BCUT2D eigenvalue weighted by atomic mass is 9.50. The number of halogens is 2. The van der Waals surface area contributed by atoms with Gasteiger partial charge in [0.1, 0.15) is 11.6 Å². The van der Waals surface area contributed by atoms with Gasteiger partial charge in [0.25, 0.3) is 5.91 Å². The van der Waals surface area contributed by atoms with Gasteiger partial charge in [-0.05, 0) is 78.1 Å². The lowest BCUT2D eigenvalue weighted by molar-refractivity contribution is -0.155. The molecule has 200 valence electrons. The molecule has 6 nitrogen and oxygen atoms in total. The van der Waals surface area contributed by atoms with Crippen LogP contribution in [0.1, 0.15) is 41.6 Å². The fourth-order valence-corrected chi connectivity index (χ4v) is 6.55. The fourth-order valence-electron chi connectivity index (χ4n) is 6.30. The zero-order valence-electron chi connectivity index (χ0n) is 21.4. The largest absolute Gasteiger partial charge is 0.495 e. The molecule has 0 unspecified atom stereocenters. The SMILES string of the molecule is COc1ccc(-c2ccc(Cn3ccc4c(F)ccc(C(=O)NC5CC6(C5)CC(C(=O)O)C6)c43)cc2)cc1Cl. The predicted octanol–water partition coefficient (Wildman–Crippen LogP) is 6.53. The minimum absolute atomic E-state index is 0.00904. The Morgan fingerprint density at radius 3 is 2.44 bits per heavy atom. The zero-order chi connectivity index (χ0) is 27.3. The summed E-state index contributed by atoms with van der Waals surface area (Å²) in [6.07, 6.45) is 4.75. The second-order valence-electron chi connectivity index (χ2n) is 10.9. The molecular formula is C31H28ClFN2O4. The van der Waals surface area contributed by atoms with E-state index in [-0.39, 0.29) is 29.1 Å². The molecule has 1 amide bonds. The number of rotatable bonds is 7. The van der Waals surface area contributed by atoms with Crippen LogP contribution in [0, 0.1) is 17.2 Å². The third-order valence-electron chi connectivity index (χ3n) is 8.31. The van der Waals surface area contributed by atoms with Crippen LogP contribution >= 0.6 is 11.6 Å². The van der Waals surface area contributed by atoms with Crippen LogP contribution in [0.4, 0.5) is 4.39 Å². The predicted molar refractivity (Wildman–Crippen MR) is 148 cm³/mol. The summed E-state index contributed by atoms with van der Waals surface area (Å²) in [7, 11) is 1.58. The van der Waals surface area contributed by atoms with E-state index in [9.17, 15) is 14.0 Å². The number of benzene rings is 3. The number of carboxylic acid groups (broad SMARTS) is 1. The molecule has 2 saturated carbocycles. The summed E-state index contributed by atoms with van der Waals surface area (Å²) in [6.45, 7) is 0.472. The third kappa shape index (κ3) is 4.65. The molecule has 0 radical (unpaired) electrons. The van der Waals surface area contributed by atoms with E-state index < -0.39 is 5.97 Å². The molecule has 0 saturated heterocycles. The Kier molecular flexibility index (Phi) is 6.34. The number of aromatic nitrogens is 1. The number of carbonyl (C=O) groups is 2. The molecule has 0 aliphatic heterocycles. The van der Waals surface area contributed by atoms with Gasteiger partial charge in [-0.3, -0.25) is 9.59 Å². The lowest BCUT2D eigenvalue weighted by Crippen LogP contribution is -2.57. The third-order valence-corrected chi connectivity index (χ3v) is 8.61. The first-order chi connectivity index (χ1) is 18.7. The van der Waals surface area contributed by atoms with Crippen molar-refractivity contribution in [2.75, 3.05) is 7.11 Å². The minimum Gasteiger partial charge on any atom is -0.495 e. The van der Waals surface area contributed by atoms with Crippen molar-refractivity contribution in [1.82, 2.24) is 9.88 Å². The first-order valence-corrected chi connectivity index (χ1v) is 13.4. The Bertz CT molecular complexity index is 1580. The first kappa shape index (κ1) is 25.4. The summed E-state index contributed by atoms with van der Waals surface area (Å²) in [6, 6.07) is 18.3. The summed E-state index contributed by atoms with van der Waals surface area (Å²) < 4.78 is 21.8. The van der Waals surface area contributed by atoms with Gasteiger partial charge < -0.3 is 19.7 Å². The molecule has 1 spiro atoms. The van der Waals surface area contributed by atoms with E-state index in [2.05, 4.69) is 5.32 Å². The Hall–Kier alpha value is -3.84. The maximum Gasteiger partial charge on any atom is 0.306 e. The molecule has 1 heterocycles. The van der Waals surface area contributed by atoms with Crippen LogP contribution in [0.2, 0.25) is 5.02 Å². The smallest absolute Gasteiger partial charge is 0.306 e. The second kappa shape index (κ2) is 9.72. The maximum absolute atomic E-state index is 14.7. The molecule has 2 aliphatic rings. The molecule has 39 heavy (non-hydrogen) atoms. The highest BCUT2D eigenvalue weighted by Gasteiger charge is 2.55. The number of carboxylic acids is 1. The summed E-state index contributed by atoms with van der Waals surface area (Å²) in [5, 5.41) is 13.2. The summed E-state index contributed by atoms with van der Waals surface area (Å²) in [5.74, 6) is -0.980. The number of hydrogen-bond donors (Lipinski definition) is 2. The van der Waals surface area contributed by atoms with Crippen LogP contribution in [0.3, 0.4) is 0 Å². The topological polar surface area (TPSA) is 80.6 Å². The van der Waals surface area contributed by atoms with Crippen LogP contribution in [0.15, 0.2) is 66.9 Å². The molecule has 2 aliphatic carbocycles. The van der Waals surface area contributed by atoms with Crippen molar-refractivity contribution in [2.45, 2.75) is 38.3 Å². The maximum atomic E-state index is 14.7. The van der Waals surface area contributed by atoms with Gasteiger partial charge in [-0.2, -0.15) is 0 Å². The van der Waals surface area contributed by atoms with Gasteiger partial charge in [-0.15, -0.1) is 0 Å². The number of nitrogens with zero attached hydrogens (tertiary/aromatic N) is 1. The standard InChI is InChI=1S/C31H28ClFN2O4/c1-39-27-9-6-20(12-25(27)32)19-4-2-18(3-5-19)17-35-11-10-23-26(33)8-7-24(28(23)35)29(36)34-22-15-31(16-22)13-21(14-31)30(37)38/h2-12,21-22H,13-17H2,1H3,(H,34,36)(H,37,38). The zero-order valence-corrected chi connectivity index (χ0v) is 22.2. The van der Waals surface area contributed by atoms with Gasteiger partial charge in [-0.1, -0.05) is 41.9 Å². The highest BCUT2D eigenvalue weighted by molar-refractivity contribution is 6.32. The number of nitrogens with one attached hydrogen (secondary N) is 1. The van der Waals surface area contributed by atoms with E-state index in [1.165, 1.54) is 12.1 Å². The van der Waals surface area contributed by atoms with Gasteiger partial charge in [0.2, 0.25) is 0 Å². The van der Waals surface area contributed by atoms with Gasteiger partial charge in [0.05, 0.1) is 29.1 Å². The average Bonchev–Trinajstić information content (AvgIpc) is 3.29. The minimum atomic E-state index is -0.734. The van der Waals surface area contributed by atoms with Crippen LogP contribution in [0.5, 0.6) is 5.75 Å². The Labute approximate surface area is 230 Å². The van der Waals surface area contributed by atoms with Crippen molar-refractivity contribution in [3.8, 4) is 16.9 Å². The van der Waals surface area contributed by atoms with Gasteiger partial charge >= 0.3 is 5.97 Å². The Morgan fingerprint density at radius 2 is 1.77 bits per heavy atom. The summed E-state index contributed by atoms with van der Waals surface area (Å²) >= 11 is 6.29. The number of aliphatic carboxylic acids is 1. The molecule has 6 rings (SSSR count). The van der Waals surface area contributed by atoms with Crippen LogP contribution in [0.25, 0.3) is 22.0 Å². The van der Waals surface area contributed by atoms with Crippen molar-refractivity contribution in [3.05, 3.63) is 88.8 Å². The Balaban J connectivity index is 1.19. The van der Waals surface area contributed by atoms with E-state index in [1.54, 1.807) is 19.4 Å². The quantitative estimate of drug-likeness (QED) is 0.276. The van der Waals surface area contributed by atoms with E-state index in [0.717, 1.165) is 29.5 Å². The molecule has 1 aromatic heterocycles. The number of ether oxygens (including phenoxy) is 1. The normalized spacial score (nSPS) is 21.8. The summed E-state index contributed by atoms with van der Waals surface area (Å²) in [5.41, 5.74) is 4.03. The summed E-state index contributed by atoms with van der Waals surface area (Å²) in [4.78, 5) is 24.4. The number of carbonyl (C=O) groups excluding carboxylic acids is 1. The van der Waals surface area contributed by atoms with E-state index in [0.29, 0.717) is 46.6 Å². The highest BCUT2D eigenvalue weighted by atomic mass is 35.5. The second-order valence-corrected chi connectivity index (χ2v) is 11.3. The molecule has 8 heteroatoms. The van der Waals surface area contributed by atoms with Crippen molar-refractivity contribution in [2.24, 2.45) is 11.3 Å². The van der Waals surface area contributed by atoms with Gasteiger partial charge in [0, 0.05) is 24.2 Å². The number of methoxy groups -OCH3 is 1. The molecule has 0 bridgehead atoms. The lowest BCUT2D eigenvalue weighted by Gasteiger charge is -2.56. The van der Waals surface area contributed by atoms with Gasteiger partial charge in [-0.25, -0.2) is 4.39 Å². The number of amides is 1. The van der Waals surface area contributed by atoms with Crippen molar-refractivity contribution < 1.29 is 23.8 Å². The van der Waals surface area contributed by atoms with Crippen LogP contribution < -0.4 is 10.1 Å². The molecule has 2 N–H and O–H groups in total. The Morgan fingerprint density at radius 1 is 1.05 bits per heavy atom. The van der Waals surface area contributed by atoms with Crippen molar-refractivity contribution >= 4 is 34.4 Å². The van der Waals surface area contributed by atoms with Gasteiger partial charge in [0.15, 0.2) is 0 Å². The van der Waals surface area contributed by atoms with E-state index in [4.69, 9.17) is 21.4 Å².